The molecule has 1 aliphatic carbocycles. The van der Waals surface area contributed by atoms with Crippen molar-refractivity contribution < 1.29 is 9.90 Å². The first-order valence-corrected chi connectivity index (χ1v) is 4.82. The fraction of sp³-hybridized carbons (Fsp3) is 0.571. The van der Waals surface area contributed by atoms with E-state index >= 15 is 0 Å². The maximum absolute atomic E-state index is 10.5. The van der Waals surface area contributed by atoms with Gasteiger partial charge in [-0.3, -0.25) is 4.79 Å². The third-order valence-electron chi connectivity index (χ3n) is 1.91. The largest absolute Gasteiger partial charge is 0.480 e. The van der Waals surface area contributed by atoms with Crippen LogP contribution in [0, 0.1) is 0 Å². The SMILES string of the molecule is NC(C(=O)O)c1nnc(C2CC2)s1. The van der Waals surface area contributed by atoms with Gasteiger partial charge < -0.3 is 10.8 Å². The predicted molar refractivity (Wildman–Crippen MR) is 46.4 cm³/mol. The van der Waals surface area contributed by atoms with Crippen LogP contribution in [0.3, 0.4) is 0 Å². The summed E-state index contributed by atoms with van der Waals surface area (Å²) in [6, 6.07) is -1.02. The molecule has 0 aromatic carbocycles. The van der Waals surface area contributed by atoms with Crippen LogP contribution in [-0.2, 0) is 4.79 Å². The lowest BCUT2D eigenvalue weighted by Crippen LogP contribution is -2.20. The average Bonchev–Trinajstić information content (AvgIpc) is 2.83. The number of carbonyl (C=O) groups is 1. The maximum Gasteiger partial charge on any atom is 0.327 e. The van der Waals surface area contributed by atoms with Crippen LogP contribution in [0.25, 0.3) is 0 Å². The summed E-state index contributed by atoms with van der Waals surface area (Å²) in [5.41, 5.74) is 5.38. The quantitative estimate of drug-likeness (QED) is 0.739. The molecule has 1 atom stereocenters. The highest BCUT2D eigenvalue weighted by molar-refractivity contribution is 7.11. The smallest absolute Gasteiger partial charge is 0.327 e. The van der Waals surface area contributed by atoms with Crippen molar-refractivity contribution in [3.05, 3.63) is 10.0 Å². The van der Waals surface area contributed by atoms with Crippen molar-refractivity contribution in [2.75, 3.05) is 0 Å². The molecule has 1 aromatic rings. The molecule has 1 saturated carbocycles. The molecular formula is C7H9N3O2S. The van der Waals surface area contributed by atoms with E-state index in [2.05, 4.69) is 10.2 Å². The minimum Gasteiger partial charge on any atom is -0.480 e. The number of aliphatic carboxylic acids is 1. The van der Waals surface area contributed by atoms with Gasteiger partial charge in [-0.15, -0.1) is 10.2 Å². The third-order valence-corrected chi connectivity index (χ3v) is 3.08. The summed E-state index contributed by atoms with van der Waals surface area (Å²) in [6.45, 7) is 0. The number of hydrogen-bond donors (Lipinski definition) is 2. The number of hydrogen-bond acceptors (Lipinski definition) is 5. The van der Waals surface area contributed by atoms with Gasteiger partial charge >= 0.3 is 5.97 Å². The van der Waals surface area contributed by atoms with Gasteiger partial charge in [0.25, 0.3) is 0 Å². The van der Waals surface area contributed by atoms with Crippen molar-refractivity contribution in [1.29, 1.82) is 0 Å². The second-order valence-corrected chi connectivity index (χ2v) is 4.11. The Morgan fingerprint density at radius 2 is 2.31 bits per heavy atom. The average molecular weight is 199 g/mol. The Balaban J connectivity index is 2.16. The van der Waals surface area contributed by atoms with Crippen molar-refractivity contribution >= 4 is 17.3 Å². The van der Waals surface area contributed by atoms with Crippen molar-refractivity contribution in [2.24, 2.45) is 5.73 Å². The summed E-state index contributed by atoms with van der Waals surface area (Å²) >= 11 is 1.31. The van der Waals surface area contributed by atoms with Crippen molar-refractivity contribution in [3.63, 3.8) is 0 Å². The number of nitrogens with zero attached hydrogens (tertiary/aromatic N) is 2. The summed E-state index contributed by atoms with van der Waals surface area (Å²) in [5, 5.41) is 17.6. The Bertz CT molecular complexity index is 334. The molecule has 0 spiro atoms. The Morgan fingerprint density at radius 1 is 1.62 bits per heavy atom. The molecular weight excluding hydrogens is 190 g/mol. The van der Waals surface area contributed by atoms with Crippen LogP contribution in [0.4, 0.5) is 0 Å². The maximum atomic E-state index is 10.5. The minimum atomic E-state index is -1.06. The Kier molecular flexibility index (Phi) is 2.01. The van der Waals surface area contributed by atoms with Crippen molar-refractivity contribution in [2.45, 2.75) is 24.8 Å². The number of rotatable bonds is 3. The molecule has 0 aliphatic heterocycles. The van der Waals surface area contributed by atoms with Gasteiger partial charge in [-0.2, -0.15) is 0 Å². The Hall–Kier alpha value is -1.01. The fourth-order valence-corrected chi connectivity index (χ4v) is 1.98. The third kappa shape index (κ3) is 1.68. The minimum absolute atomic E-state index is 0.398. The first-order valence-electron chi connectivity index (χ1n) is 4.00. The molecule has 3 N–H and O–H groups in total. The molecule has 1 fully saturated rings. The Morgan fingerprint density at radius 3 is 2.85 bits per heavy atom. The van der Waals surface area contributed by atoms with Gasteiger partial charge in [0, 0.05) is 5.92 Å². The van der Waals surface area contributed by atoms with Gasteiger partial charge in [-0.05, 0) is 12.8 Å². The number of aromatic nitrogens is 2. The molecule has 6 heteroatoms. The van der Waals surface area contributed by atoms with Crippen molar-refractivity contribution in [1.82, 2.24) is 10.2 Å². The van der Waals surface area contributed by atoms with Crippen LogP contribution in [0.1, 0.15) is 34.8 Å². The van der Waals surface area contributed by atoms with E-state index in [0.717, 1.165) is 17.8 Å². The van der Waals surface area contributed by atoms with Crippen LogP contribution in [0.2, 0.25) is 0 Å². The molecule has 0 amide bonds. The van der Waals surface area contributed by atoms with Crippen LogP contribution >= 0.6 is 11.3 Å². The molecule has 1 aliphatic rings. The Labute approximate surface area is 78.6 Å². The van der Waals surface area contributed by atoms with E-state index in [-0.39, 0.29) is 0 Å². The first kappa shape index (κ1) is 8.58. The van der Waals surface area contributed by atoms with Crippen LogP contribution in [-0.4, -0.2) is 21.3 Å². The molecule has 5 nitrogen and oxygen atoms in total. The lowest BCUT2D eigenvalue weighted by atomic mass is 10.3. The van der Waals surface area contributed by atoms with Crippen LogP contribution < -0.4 is 5.73 Å². The zero-order chi connectivity index (χ0) is 9.42. The predicted octanol–water partition coefficient (Wildman–Crippen LogP) is 0.500. The highest BCUT2D eigenvalue weighted by Crippen LogP contribution is 2.41. The van der Waals surface area contributed by atoms with Gasteiger partial charge in [0.05, 0.1) is 0 Å². The lowest BCUT2D eigenvalue weighted by molar-refractivity contribution is -0.138. The number of carboxylic acid groups (broad SMARTS) is 1. The monoisotopic (exact) mass is 199 g/mol. The van der Waals surface area contributed by atoms with Gasteiger partial charge in [-0.25, -0.2) is 0 Å². The summed E-state index contributed by atoms with van der Waals surface area (Å²) < 4.78 is 0. The summed E-state index contributed by atoms with van der Waals surface area (Å²) in [4.78, 5) is 10.5. The van der Waals surface area contributed by atoms with Gasteiger partial charge in [-0.1, -0.05) is 11.3 Å². The molecule has 13 heavy (non-hydrogen) atoms. The van der Waals surface area contributed by atoms with E-state index in [9.17, 15) is 4.79 Å². The topological polar surface area (TPSA) is 89.1 Å². The molecule has 70 valence electrons. The second-order valence-electron chi connectivity index (χ2n) is 3.07. The normalized spacial score (nSPS) is 18.5. The van der Waals surface area contributed by atoms with Crippen molar-refractivity contribution in [3.8, 4) is 0 Å². The summed E-state index contributed by atoms with van der Waals surface area (Å²) in [5.74, 6) is -0.550. The van der Waals surface area contributed by atoms with E-state index in [1.165, 1.54) is 11.3 Å². The zero-order valence-electron chi connectivity index (χ0n) is 6.80. The lowest BCUT2D eigenvalue weighted by Gasteiger charge is -1.97. The standard InChI is InChI=1S/C7H9N3O2S/c8-4(7(11)12)6-10-9-5(13-6)3-1-2-3/h3-4H,1-2,8H2,(H,11,12). The molecule has 0 saturated heterocycles. The number of carboxylic acids is 1. The zero-order valence-corrected chi connectivity index (χ0v) is 7.62. The first-order chi connectivity index (χ1) is 6.18. The van der Waals surface area contributed by atoms with Crippen LogP contribution in [0.15, 0.2) is 0 Å². The summed E-state index contributed by atoms with van der Waals surface area (Å²) in [6.07, 6.45) is 2.27. The molecule has 0 radical (unpaired) electrons. The highest BCUT2D eigenvalue weighted by Gasteiger charge is 2.29. The molecule has 2 rings (SSSR count). The molecule has 0 bridgehead atoms. The highest BCUT2D eigenvalue weighted by atomic mass is 32.1. The summed E-state index contributed by atoms with van der Waals surface area (Å²) in [7, 11) is 0. The van der Waals surface area contributed by atoms with E-state index in [4.69, 9.17) is 10.8 Å². The second kappa shape index (κ2) is 3.04. The van der Waals surface area contributed by atoms with E-state index in [1.54, 1.807) is 0 Å². The van der Waals surface area contributed by atoms with Gasteiger partial charge in [0.2, 0.25) is 0 Å². The van der Waals surface area contributed by atoms with E-state index < -0.39 is 12.0 Å². The van der Waals surface area contributed by atoms with E-state index in [1.807, 2.05) is 0 Å². The van der Waals surface area contributed by atoms with Crippen LogP contribution in [0.5, 0.6) is 0 Å². The van der Waals surface area contributed by atoms with E-state index in [0.29, 0.717) is 10.9 Å². The number of nitrogens with two attached hydrogens (primary N) is 1. The molecule has 1 heterocycles. The van der Waals surface area contributed by atoms with Gasteiger partial charge in [0.1, 0.15) is 10.0 Å². The van der Waals surface area contributed by atoms with Gasteiger partial charge in [0.15, 0.2) is 6.04 Å². The molecule has 1 unspecified atom stereocenters. The molecule has 1 aromatic heterocycles. The fourth-order valence-electron chi connectivity index (χ4n) is 0.973.